The van der Waals surface area contributed by atoms with Gasteiger partial charge in [-0.3, -0.25) is 9.59 Å². The van der Waals surface area contributed by atoms with Gasteiger partial charge in [-0.05, 0) is 208 Å². The van der Waals surface area contributed by atoms with Crippen molar-refractivity contribution in [1.29, 1.82) is 0 Å². The van der Waals surface area contributed by atoms with Crippen molar-refractivity contribution >= 4 is 28.9 Å². The maximum atomic E-state index is 15.3. The van der Waals surface area contributed by atoms with Gasteiger partial charge in [0.25, 0.3) is 11.8 Å². The maximum Gasteiger partial charge on any atom is 0.256 e. The molecule has 16 heterocycles. The Morgan fingerprint density at radius 3 is 0.704 bits per heavy atom. The van der Waals surface area contributed by atoms with Crippen LogP contribution in [0.1, 0.15) is 172 Å². The summed E-state index contributed by atoms with van der Waals surface area (Å²) < 4.78 is 206. The fourth-order valence-electron chi connectivity index (χ4n) is 19.8. The predicted octanol–water partition coefficient (Wildman–Crippen LogP) is 7.72. The summed E-state index contributed by atoms with van der Waals surface area (Å²) >= 11 is 0. The summed E-state index contributed by atoms with van der Waals surface area (Å²) in [6, 6.07) is 16.5. The molecule has 4 N–H and O–H groups in total. The van der Waals surface area contributed by atoms with Crippen molar-refractivity contribution in [3.05, 3.63) is 88.0 Å². The predicted molar refractivity (Wildman–Crippen MR) is 424 cm³/mol. The minimum Gasteiger partial charge on any atom is -0.399 e. The molecule has 0 bridgehead atoms. The Morgan fingerprint density at radius 2 is 0.480 bits per heavy atom. The Kier molecular flexibility index (Phi) is 23.4. The number of carbonyl (C=O) groups is 2. The van der Waals surface area contributed by atoms with Crippen molar-refractivity contribution in [2.24, 2.45) is 0 Å². The van der Waals surface area contributed by atoms with Crippen molar-refractivity contribution in [3.63, 3.8) is 0 Å². The van der Waals surface area contributed by atoms with Gasteiger partial charge in [0.2, 0.25) is 0 Å². The number of rotatable bonds is 26. The molecule has 4 unspecified atom stereocenters. The summed E-state index contributed by atoms with van der Waals surface area (Å²) in [6.07, 6.45) is -21.2. The minimum atomic E-state index is -1.29. The fraction of sp³-hybridized carbons (Fsp3) is 0.773. The topological polar surface area (TPSA) is 380 Å². The van der Waals surface area contributed by atoms with Crippen LogP contribution in [0.15, 0.2) is 54.6 Å². The molecule has 3 aromatic carbocycles. The van der Waals surface area contributed by atoms with Crippen LogP contribution in [0.3, 0.4) is 0 Å². The van der Waals surface area contributed by atoms with Gasteiger partial charge in [0.1, 0.15) is 122 Å². The first-order valence-corrected chi connectivity index (χ1v) is 43.5. The molecular weight excluding hydrogens is 1640 g/mol. The van der Waals surface area contributed by atoms with Crippen molar-refractivity contribution in [2.45, 2.75) is 408 Å². The Bertz CT molecular complexity index is 4020. The van der Waals surface area contributed by atoms with E-state index in [1.165, 1.54) is 0 Å². The normalized spacial score (nSPS) is 41.6. The summed E-state index contributed by atoms with van der Waals surface area (Å²) in [5.74, 6) is -10.6. The molecule has 2 amide bonds. The Hall–Kier alpha value is -4.88. The van der Waals surface area contributed by atoms with Gasteiger partial charge in [0.05, 0.1) is 66.1 Å². The number of carbonyl (C=O) groups excluding carboxylic acids is 2. The maximum absolute atomic E-state index is 15.3. The number of nitrogens with two attached hydrogens (primary N) is 1. The quantitative estimate of drug-likeness (QED) is 0.0647. The first-order valence-electron chi connectivity index (χ1n) is 43.5. The highest BCUT2D eigenvalue weighted by Gasteiger charge is 2.66. The largest absolute Gasteiger partial charge is 0.399 e. The molecule has 28 atom stereocenters. The van der Waals surface area contributed by atoms with Crippen LogP contribution in [0, 0.1) is 0 Å². The molecule has 692 valence electrons. The average molecular weight is 1760 g/mol. The van der Waals surface area contributed by atoms with Gasteiger partial charge in [-0.1, -0.05) is 18.2 Å². The van der Waals surface area contributed by atoms with Gasteiger partial charge in [0, 0.05) is 17.1 Å². The number of hydrogen-bond donors (Lipinski definition) is 3. The van der Waals surface area contributed by atoms with Crippen LogP contribution in [0.4, 0.5) is 17.1 Å². The van der Waals surface area contributed by atoms with E-state index in [-0.39, 0.29) is 66.1 Å². The molecule has 16 fully saturated rings. The molecule has 0 aromatic heterocycles. The van der Waals surface area contributed by atoms with E-state index in [0.29, 0.717) is 50.4 Å². The number of nitrogen functional groups attached to an aromatic ring is 1. The third-order valence-corrected chi connectivity index (χ3v) is 24.6. The standard InChI is InChI=1S/C88H121N3O34/c1-79(2)100-36-49(110-79)53-57(65-73(104-53)120-83(9,10)114-65)94-32-42-22-43(33-95-58-54(50-37-101-80(3,4)111-50)105-74-66(58)115-84(11,12)121-74)27-47(26-42)90-71(92)63-61(69-77(108-63)124-87(17,18)118-69)98-30-40-21-41(25-46(89)24-40)31-99-62-64(109-78-70(62)119-88(19,20)125-78)72(93)91-48-28-44(34-96-59-55(51-38-102-81(5,6)112-51)106-75-67(59)116-85(13,14)122-75)23-45(29-48)35-97-60-56(52-39-103-82(7,8)113-52)107-76-68(60)117-86(15,16)123-76/h21-29,49-70,73-78H,30-39,89H2,1-20H3,(H,90,92)(H,91,93)/t49-,50-,51-,52-,53?,54?,55?,56?,57+,58+,59+,60+,61+,62+,63+,64+,65-,66-,67-,68-,69-,70-,73-,74-,75-,76-,77-,78-/m1/s1. The zero-order chi connectivity index (χ0) is 88.0. The van der Waals surface area contributed by atoms with E-state index in [9.17, 15) is 0 Å². The third kappa shape index (κ3) is 19.0. The van der Waals surface area contributed by atoms with Gasteiger partial charge >= 0.3 is 0 Å². The van der Waals surface area contributed by atoms with E-state index in [0.717, 1.165) is 0 Å². The number of hydrogen-bond acceptors (Lipinski definition) is 35. The van der Waals surface area contributed by atoms with Crippen LogP contribution >= 0.6 is 0 Å². The van der Waals surface area contributed by atoms with Crippen LogP contribution in [0.5, 0.6) is 0 Å². The lowest BCUT2D eigenvalue weighted by Gasteiger charge is -2.29. The first kappa shape index (κ1) is 89.3. The molecule has 16 aliphatic rings. The summed E-state index contributed by atoms with van der Waals surface area (Å²) in [6.45, 7) is 37.2. The number of fused-ring (bicyclic) bond motifs is 6. The van der Waals surface area contributed by atoms with E-state index in [4.69, 9.17) is 157 Å². The molecule has 37 heteroatoms. The highest BCUT2D eigenvalue weighted by molar-refractivity contribution is 5.96. The number of anilines is 3. The minimum absolute atomic E-state index is 0.00769. The third-order valence-electron chi connectivity index (χ3n) is 24.6. The molecule has 125 heavy (non-hydrogen) atoms. The van der Waals surface area contributed by atoms with E-state index < -0.39 is 242 Å². The number of ether oxygens (including phenoxy) is 32. The lowest BCUT2D eigenvalue weighted by molar-refractivity contribution is -0.237. The van der Waals surface area contributed by atoms with E-state index in [1.807, 2.05) is 153 Å². The van der Waals surface area contributed by atoms with Gasteiger partial charge in [0.15, 0.2) is 108 Å². The lowest BCUT2D eigenvalue weighted by atomic mass is 10.0. The fourth-order valence-corrected chi connectivity index (χ4v) is 19.8. The summed E-state index contributed by atoms with van der Waals surface area (Å²) in [5.41, 5.74) is 11.7. The van der Waals surface area contributed by atoms with Crippen molar-refractivity contribution in [2.75, 3.05) is 42.8 Å². The van der Waals surface area contributed by atoms with Crippen molar-refractivity contribution < 1.29 is 161 Å². The molecule has 0 radical (unpaired) electrons. The smallest absolute Gasteiger partial charge is 0.256 e. The molecule has 0 aliphatic carbocycles. The molecular formula is C88H121N3O34. The zero-order valence-corrected chi connectivity index (χ0v) is 74.4. The van der Waals surface area contributed by atoms with Crippen LogP contribution < -0.4 is 16.4 Å². The SMILES string of the molecule is CC1(C)O[C@H]2O[C@H](C(=O)Nc3cc(CO[C@H]4C([C@H]5COC(C)(C)O5)O[C@@H]5OC(C)(C)O[C@@H]54)cc(CO[C@H]4C([C@H]5COC(C)(C)O5)O[C@@H]5OC(C)(C)O[C@@H]54)c3)[C@H](OCc3cc(N)cc(CO[C@@H]4[C@H]5OC(C)(C)O[C@H]5O[C@@H]4C(=O)Nc4cc(CO[C@H]5C([C@H]6COC(C)(C)O6)O[C@@H]6OC(C)(C)O[C@@H]65)cc(CO[C@H]5C([C@H]6COC(C)(C)O6)O[C@@H]6OC(C)(C)O[C@@H]65)c4)c3)[C@H]2O1. The Labute approximate surface area is 725 Å². The number of amides is 2. The molecule has 19 rings (SSSR count). The van der Waals surface area contributed by atoms with Gasteiger partial charge in [-0.25, -0.2) is 0 Å². The second kappa shape index (κ2) is 32.8. The van der Waals surface area contributed by atoms with Gasteiger partial charge in [-0.2, -0.15) is 0 Å². The van der Waals surface area contributed by atoms with Gasteiger partial charge in [-0.15, -0.1) is 0 Å². The van der Waals surface area contributed by atoms with E-state index in [2.05, 4.69) is 10.6 Å². The van der Waals surface area contributed by atoms with E-state index in [1.54, 1.807) is 39.8 Å². The highest BCUT2D eigenvalue weighted by atomic mass is 16.9. The van der Waals surface area contributed by atoms with Crippen molar-refractivity contribution in [3.8, 4) is 0 Å². The first-order chi connectivity index (χ1) is 58.7. The molecule has 37 nitrogen and oxygen atoms in total. The molecule has 0 saturated carbocycles. The van der Waals surface area contributed by atoms with Crippen LogP contribution in [0.25, 0.3) is 0 Å². The number of nitrogens with one attached hydrogen (secondary N) is 2. The van der Waals surface area contributed by atoms with Crippen LogP contribution in [0.2, 0.25) is 0 Å². The summed E-state index contributed by atoms with van der Waals surface area (Å²) in [5, 5.41) is 6.28. The Balaban J connectivity index is 0.560. The van der Waals surface area contributed by atoms with Crippen molar-refractivity contribution in [1.82, 2.24) is 0 Å². The van der Waals surface area contributed by atoms with Crippen LogP contribution in [-0.4, -0.2) is 268 Å². The highest BCUT2D eigenvalue weighted by Crippen LogP contribution is 2.50. The average Bonchev–Trinajstić information content (AvgIpc) is 1.61. The van der Waals surface area contributed by atoms with E-state index >= 15 is 9.59 Å². The van der Waals surface area contributed by atoms with Crippen LogP contribution in [-0.2, 0) is 201 Å². The number of benzene rings is 3. The second-order valence-corrected chi connectivity index (χ2v) is 39.6. The Morgan fingerprint density at radius 1 is 0.272 bits per heavy atom. The lowest BCUT2D eigenvalue weighted by Crippen LogP contribution is -2.44. The zero-order valence-electron chi connectivity index (χ0n) is 74.4. The second-order valence-electron chi connectivity index (χ2n) is 39.6. The summed E-state index contributed by atoms with van der Waals surface area (Å²) in [4.78, 5) is 30.5. The monoisotopic (exact) mass is 1760 g/mol. The van der Waals surface area contributed by atoms with Gasteiger partial charge < -0.3 is 168 Å². The molecule has 0 spiro atoms. The molecule has 16 saturated heterocycles. The molecule has 16 aliphatic heterocycles. The summed E-state index contributed by atoms with van der Waals surface area (Å²) in [7, 11) is 0. The molecule has 3 aromatic rings.